The van der Waals surface area contributed by atoms with Crippen molar-refractivity contribution in [2.75, 3.05) is 13.2 Å². The Balaban J connectivity index is 2.33. The first-order valence-electron chi connectivity index (χ1n) is 27.0. The number of hydrogen-bond donors (Lipinski definition) is 6. The molecular weight excluding hydrogens is 864 g/mol. The van der Waals surface area contributed by atoms with Gasteiger partial charge in [-0.1, -0.05) is 218 Å². The lowest BCUT2D eigenvalue weighted by atomic mass is 9.85. The van der Waals surface area contributed by atoms with E-state index in [1.807, 2.05) is 6.08 Å². The Kier molecular flexibility index (Phi) is 40.3. The fraction of sp³-hybridized carbons (Fsp3) is 0.923. The van der Waals surface area contributed by atoms with E-state index < -0.39 is 75.7 Å². The molecule has 1 aliphatic carbocycles. The highest BCUT2D eigenvalue weighted by Crippen LogP contribution is 2.47. The molecule has 0 bridgehead atoms. The quantitative estimate of drug-likeness (QED) is 0.0145. The molecule has 0 aromatic rings. The molecule has 14 heteroatoms. The summed E-state index contributed by atoms with van der Waals surface area (Å²) >= 11 is 0. The smallest absolute Gasteiger partial charge is 0.462 e. The maximum Gasteiger partial charge on any atom is 0.472 e. The van der Waals surface area contributed by atoms with Crippen molar-refractivity contribution >= 4 is 19.8 Å². The van der Waals surface area contributed by atoms with Crippen molar-refractivity contribution < 1.29 is 63.1 Å². The van der Waals surface area contributed by atoms with E-state index in [4.69, 9.17) is 18.5 Å². The molecule has 1 fully saturated rings. The minimum Gasteiger partial charge on any atom is -0.462 e. The van der Waals surface area contributed by atoms with Crippen LogP contribution >= 0.6 is 7.82 Å². The third-order valence-electron chi connectivity index (χ3n) is 13.0. The molecule has 66 heavy (non-hydrogen) atoms. The number of rotatable bonds is 47. The second-order valence-electron chi connectivity index (χ2n) is 19.2. The topological polar surface area (TPSA) is 210 Å². The Morgan fingerprint density at radius 2 is 0.803 bits per heavy atom. The lowest BCUT2D eigenvalue weighted by Gasteiger charge is -2.41. The zero-order valence-electron chi connectivity index (χ0n) is 41.6. The van der Waals surface area contributed by atoms with E-state index in [9.17, 15) is 44.6 Å². The highest BCUT2D eigenvalue weighted by atomic mass is 31.2. The van der Waals surface area contributed by atoms with Gasteiger partial charge in [0.05, 0.1) is 6.61 Å². The van der Waals surface area contributed by atoms with Crippen LogP contribution in [0, 0.1) is 0 Å². The number of hydrogen-bond acceptors (Lipinski definition) is 12. The molecule has 0 spiro atoms. The number of carbonyl (C=O) groups is 2. The Bertz CT molecular complexity index is 1190. The molecule has 0 aromatic heterocycles. The molecule has 0 saturated heterocycles. The molecule has 6 N–H and O–H groups in total. The summed E-state index contributed by atoms with van der Waals surface area (Å²) in [5, 5.41) is 50.3. The monoisotopic (exact) mass is 963 g/mol. The van der Waals surface area contributed by atoms with Gasteiger partial charge >= 0.3 is 19.8 Å². The van der Waals surface area contributed by atoms with Gasteiger partial charge in [0, 0.05) is 12.8 Å². The first kappa shape index (κ1) is 62.6. The summed E-state index contributed by atoms with van der Waals surface area (Å²) in [6.07, 6.45) is 33.0. The SMILES string of the molecule is C=CCCCCCCCCCCCCCCCC(=O)OC[C@H](COP(=O)(O)OC1C(O)C(O)C(O)[C@@H](O)C1O)OC(=O)CCCCCCCCCCCCCCCCCCCCCCCC. The lowest BCUT2D eigenvalue weighted by molar-refractivity contribution is -0.220. The fourth-order valence-electron chi connectivity index (χ4n) is 8.68. The Hall–Kier alpha value is -1.41. The number of carbonyl (C=O) groups excluding carboxylic acids is 2. The van der Waals surface area contributed by atoms with Gasteiger partial charge in [-0.05, 0) is 25.7 Å². The number of aliphatic hydroxyl groups is 5. The summed E-state index contributed by atoms with van der Waals surface area (Å²) in [7, 11) is -5.12. The summed E-state index contributed by atoms with van der Waals surface area (Å²) in [4.78, 5) is 35.9. The van der Waals surface area contributed by atoms with Gasteiger partial charge in [-0.3, -0.25) is 18.6 Å². The Morgan fingerprint density at radius 3 is 1.17 bits per heavy atom. The van der Waals surface area contributed by atoms with Crippen molar-refractivity contribution in [3.63, 3.8) is 0 Å². The molecule has 1 aliphatic rings. The van der Waals surface area contributed by atoms with Crippen LogP contribution in [0.1, 0.15) is 251 Å². The molecular formula is C52H99O13P. The van der Waals surface area contributed by atoms with Crippen LogP contribution in [0.5, 0.6) is 0 Å². The largest absolute Gasteiger partial charge is 0.472 e. The lowest BCUT2D eigenvalue weighted by Crippen LogP contribution is -2.64. The zero-order chi connectivity index (χ0) is 48.5. The number of esters is 2. The maximum atomic E-state index is 12.9. The van der Waals surface area contributed by atoms with Crippen LogP contribution in [0.25, 0.3) is 0 Å². The van der Waals surface area contributed by atoms with Crippen LogP contribution in [0.4, 0.5) is 0 Å². The van der Waals surface area contributed by atoms with Crippen LogP contribution in [0.15, 0.2) is 12.7 Å². The molecule has 1 rings (SSSR count). The summed E-state index contributed by atoms with van der Waals surface area (Å²) in [5.74, 6) is -1.09. The van der Waals surface area contributed by atoms with Crippen LogP contribution < -0.4 is 0 Å². The van der Waals surface area contributed by atoms with Crippen LogP contribution in [0.2, 0.25) is 0 Å². The standard InChI is InChI=1S/C52H99O13P/c1-3-5-7-9-11-13-15-17-19-20-21-22-23-24-25-27-29-31-33-35-37-39-41-46(54)64-44(43-63-66(60,61)65-52-50(58)48(56)47(55)49(57)51(52)59)42-62-45(53)40-38-36-34-32-30-28-26-18-16-14-12-10-8-6-4-2/h4,44,47-52,55-59H,2-3,5-43H2,1H3,(H,60,61)/t44-,47?,48-,49?,50?,51?,52?/m1/s1. The molecule has 1 saturated carbocycles. The van der Waals surface area contributed by atoms with E-state index in [1.165, 1.54) is 173 Å². The molecule has 13 nitrogen and oxygen atoms in total. The minimum absolute atomic E-state index is 0.103. The van der Waals surface area contributed by atoms with E-state index in [0.717, 1.165) is 44.9 Å². The summed E-state index contributed by atoms with van der Waals surface area (Å²) < 4.78 is 33.7. The number of aliphatic hydroxyl groups excluding tert-OH is 5. The van der Waals surface area contributed by atoms with Gasteiger partial charge in [0.2, 0.25) is 0 Å². The minimum atomic E-state index is -5.12. The molecule has 6 unspecified atom stereocenters. The Morgan fingerprint density at radius 1 is 0.485 bits per heavy atom. The van der Waals surface area contributed by atoms with Crippen molar-refractivity contribution in [3.8, 4) is 0 Å². The molecule has 0 amide bonds. The predicted octanol–water partition coefficient (Wildman–Crippen LogP) is 11.8. The summed E-state index contributed by atoms with van der Waals surface area (Å²) in [5.41, 5.74) is 0. The Labute approximate surface area is 401 Å². The van der Waals surface area contributed by atoms with Crippen LogP contribution in [-0.2, 0) is 32.7 Å². The second kappa shape index (κ2) is 42.5. The van der Waals surface area contributed by atoms with Gasteiger partial charge in [0.1, 0.15) is 43.2 Å². The molecule has 0 aromatic carbocycles. The predicted molar refractivity (Wildman–Crippen MR) is 263 cm³/mol. The fourth-order valence-corrected chi connectivity index (χ4v) is 9.66. The molecule has 0 aliphatic heterocycles. The van der Waals surface area contributed by atoms with E-state index >= 15 is 0 Å². The molecule has 0 heterocycles. The van der Waals surface area contributed by atoms with Gasteiger partial charge in [-0.25, -0.2) is 4.57 Å². The molecule has 0 radical (unpaired) electrons. The second-order valence-corrected chi connectivity index (χ2v) is 20.6. The van der Waals surface area contributed by atoms with E-state index in [0.29, 0.717) is 12.8 Å². The van der Waals surface area contributed by atoms with Crippen LogP contribution in [0.3, 0.4) is 0 Å². The average molecular weight is 963 g/mol. The highest BCUT2D eigenvalue weighted by molar-refractivity contribution is 7.47. The number of phosphoric ester groups is 1. The van der Waals surface area contributed by atoms with E-state index in [1.54, 1.807) is 0 Å². The first-order chi connectivity index (χ1) is 31.9. The number of phosphoric acid groups is 1. The van der Waals surface area contributed by atoms with Gasteiger partial charge in [-0.2, -0.15) is 0 Å². The van der Waals surface area contributed by atoms with Gasteiger partial charge in [0.15, 0.2) is 6.10 Å². The number of allylic oxidation sites excluding steroid dienone is 1. The van der Waals surface area contributed by atoms with Gasteiger partial charge < -0.3 is 39.9 Å². The summed E-state index contributed by atoms with van der Waals surface area (Å²) in [6.45, 7) is 4.88. The van der Waals surface area contributed by atoms with Crippen molar-refractivity contribution in [1.82, 2.24) is 0 Å². The van der Waals surface area contributed by atoms with Crippen molar-refractivity contribution in [2.45, 2.75) is 294 Å². The van der Waals surface area contributed by atoms with Gasteiger partial charge in [-0.15, -0.1) is 6.58 Å². The normalized spacial score (nSPS) is 21.1. The van der Waals surface area contributed by atoms with Crippen LogP contribution in [-0.4, -0.2) is 98.3 Å². The van der Waals surface area contributed by atoms with Crippen molar-refractivity contribution in [2.24, 2.45) is 0 Å². The van der Waals surface area contributed by atoms with E-state index in [2.05, 4.69) is 13.5 Å². The third-order valence-corrected chi connectivity index (χ3v) is 14.0. The molecule has 390 valence electrons. The van der Waals surface area contributed by atoms with E-state index in [-0.39, 0.29) is 12.8 Å². The third kappa shape index (κ3) is 34.0. The van der Waals surface area contributed by atoms with Crippen molar-refractivity contribution in [3.05, 3.63) is 12.7 Å². The summed E-state index contributed by atoms with van der Waals surface area (Å²) in [6, 6.07) is 0. The number of unbranched alkanes of at least 4 members (excludes halogenated alkanes) is 34. The number of ether oxygens (including phenoxy) is 2. The highest BCUT2D eigenvalue weighted by Gasteiger charge is 2.51. The maximum absolute atomic E-state index is 12.9. The van der Waals surface area contributed by atoms with Crippen molar-refractivity contribution in [1.29, 1.82) is 0 Å². The first-order valence-corrected chi connectivity index (χ1v) is 28.4. The van der Waals surface area contributed by atoms with Gasteiger partial charge in [0.25, 0.3) is 0 Å². The zero-order valence-corrected chi connectivity index (χ0v) is 42.5. The average Bonchev–Trinajstić information content (AvgIpc) is 3.30. The molecule has 8 atom stereocenters.